The van der Waals surface area contributed by atoms with Gasteiger partial charge in [-0.15, -0.1) is 0 Å². The second-order valence-corrected chi connectivity index (χ2v) is 7.80. The molecule has 0 aliphatic heterocycles. The van der Waals surface area contributed by atoms with Crippen LogP contribution in [0.3, 0.4) is 0 Å². The summed E-state index contributed by atoms with van der Waals surface area (Å²) in [4.78, 5) is 0.414. The van der Waals surface area contributed by atoms with E-state index in [0.717, 1.165) is 18.0 Å². The normalized spacial score (nSPS) is 13.2. The molecule has 0 spiro atoms. The van der Waals surface area contributed by atoms with Crippen LogP contribution in [0.1, 0.15) is 20.3 Å². The Labute approximate surface area is 121 Å². The van der Waals surface area contributed by atoms with Crippen LogP contribution < -0.4 is 5.32 Å². The number of sulfone groups is 1. The van der Waals surface area contributed by atoms with Crippen LogP contribution in [0.5, 0.6) is 0 Å². The first-order valence-corrected chi connectivity index (χ1v) is 9.60. The van der Waals surface area contributed by atoms with E-state index in [2.05, 4.69) is 18.5 Å². The molecule has 0 aromatic heterocycles. The third-order valence-corrected chi connectivity index (χ3v) is 5.63. The van der Waals surface area contributed by atoms with Gasteiger partial charge in [-0.25, -0.2) is 8.42 Å². The molecule has 5 heteroatoms. The summed E-state index contributed by atoms with van der Waals surface area (Å²) in [6, 6.07) is 7.06. The Morgan fingerprint density at radius 2 is 1.89 bits per heavy atom. The van der Waals surface area contributed by atoms with E-state index in [-0.39, 0.29) is 5.75 Å². The minimum atomic E-state index is -3.10. The molecule has 0 aliphatic carbocycles. The molecular formula is C14H23NO2S2. The first-order valence-electron chi connectivity index (χ1n) is 6.55. The second-order valence-electron chi connectivity index (χ2n) is 4.78. The zero-order chi connectivity index (χ0) is 14.3. The molecule has 1 aromatic rings. The fourth-order valence-corrected chi connectivity index (χ4v) is 3.81. The van der Waals surface area contributed by atoms with Crippen molar-refractivity contribution in [2.75, 3.05) is 29.6 Å². The standard InChI is InChI=1S/C14H23NO2S2/c1-4-9-19(16,17)14-7-5-13(6-8-14)15-10-12(2)11-18-3/h5-8,12,15H,4,9-11H2,1-3H3. The van der Waals surface area contributed by atoms with Crippen LogP contribution in [0.4, 0.5) is 5.69 Å². The summed E-state index contributed by atoms with van der Waals surface area (Å²) in [6.45, 7) is 4.98. The molecule has 0 amide bonds. The summed E-state index contributed by atoms with van der Waals surface area (Å²) < 4.78 is 23.7. The first-order chi connectivity index (χ1) is 8.99. The van der Waals surface area contributed by atoms with Gasteiger partial charge < -0.3 is 5.32 Å². The van der Waals surface area contributed by atoms with Crippen molar-refractivity contribution in [1.29, 1.82) is 0 Å². The Morgan fingerprint density at radius 1 is 1.26 bits per heavy atom. The minimum absolute atomic E-state index is 0.213. The lowest BCUT2D eigenvalue weighted by Crippen LogP contribution is -2.13. The molecule has 1 aromatic carbocycles. The molecule has 0 saturated heterocycles. The Bertz CT molecular complexity index is 469. The van der Waals surface area contributed by atoms with E-state index >= 15 is 0 Å². The number of rotatable bonds is 8. The molecule has 0 fully saturated rings. The third-order valence-electron chi connectivity index (χ3n) is 2.79. The lowest BCUT2D eigenvalue weighted by atomic mass is 10.2. The molecule has 0 aliphatic rings. The maximum Gasteiger partial charge on any atom is 0.178 e. The van der Waals surface area contributed by atoms with Gasteiger partial charge in [-0.3, -0.25) is 0 Å². The van der Waals surface area contributed by atoms with E-state index in [1.807, 2.05) is 30.8 Å². The van der Waals surface area contributed by atoms with E-state index in [1.165, 1.54) is 0 Å². The molecule has 108 valence electrons. The monoisotopic (exact) mass is 301 g/mol. The van der Waals surface area contributed by atoms with Crippen LogP contribution >= 0.6 is 11.8 Å². The molecule has 0 heterocycles. The summed E-state index contributed by atoms with van der Waals surface area (Å²) in [5, 5.41) is 3.33. The lowest BCUT2D eigenvalue weighted by molar-refractivity contribution is 0.594. The van der Waals surface area contributed by atoms with Crippen molar-refractivity contribution >= 4 is 27.3 Å². The number of hydrogen-bond donors (Lipinski definition) is 1. The van der Waals surface area contributed by atoms with Gasteiger partial charge in [-0.05, 0) is 48.6 Å². The Morgan fingerprint density at radius 3 is 2.42 bits per heavy atom. The van der Waals surface area contributed by atoms with E-state index < -0.39 is 9.84 Å². The predicted octanol–water partition coefficient (Wildman–Crippen LogP) is 3.28. The number of hydrogen-bond acceptors (Lipinski definition) is 4. The summed E-state index contributed by atoms with van der Waals surface area (Å²) in [7, 11) is -3.10. The predicted molar refractivity (Wildman–Crippen MR) is 84.8 cm³/mol. The average Bonchev–Trinajstić information content (AvgIpc) is 2.37. The fourth-order valence-electron chi connectivity index (χ4n) is 1.80. The topological polar surface area (TPSA) is 46.2 Å². The van der Waals surface area contributed by atoms with Crippen molar-refractivity contribution in [2.24, 2.45) is 5.92 Å². The van der Waals surface area contributed by atoms with E-state index in [4.69, 9.17) is 0 Å². The molecule has 19 heavy (non-hydrogen) atoms. The molecule has 1 atom stereocenters. The summed E-state index contributed by atoms with van der Waals surface area (Å²) in [5.41, 5.74) is 0.975. The van der Waals surface area contributed by atoms with Crippen molar-refractivity contribution in [3.63, 3.8) is 0 Å². The third kappa shape index (κ3) is 5.45. The second kappa shape index (κ2) is 7.80. The maximum atomic E-state index is 11.9. The van der Waals surface area contributed by atoms with E-state index in [1.54, 1.807) is 12.1 Å². The molecule has 1 N–H and O–H groups in total. The number of benzene rings is 1. The zero-order valence-corrected chi connectivity index (χ0v) is 13.5. The van der Waals surface area contributed by atoms with Gasteiger partial charge in [0.25, 0.3) is 0 Å². The van der Waals surface area contributed by atoms with Crippen LogP contribution in [0.25, 0.3) is 0 Å². The number of nitrogens with one attached hydrogen (secondary N) is 1. The Kier molecular flexibility index (Phi) is 6.72. The van der Waals surface area contributed by atoms with Gasteiger partial charge in [0.2, 0.25) is 0 Å². The molecule has 0 radical (unpaired) electrons. The molecule has 0 saturated carbocycles. The van der Waals surface area contributed by atoms with Crippen LogP contribution in [0.15, 0.2) is 29.2 Å². The average molecular weight is 301 g/mol. The molecular weight excluding hydrogens is 278 g/mol. The highest BCUT2D eigenvalue weighted by Gasteiger charge is 2.12. The van der Waals surface area contributed by atoms with Crippen LogP contribution in [0.2, 0.25) is 0 Å². The van der Waals surface area contributed by atoms with Gasteiger partial charge in [0.1, 0.15) is 0 Å². The highest BCUT2D eigenvalue weighted by atomic mass is 32.2. The van der Waals surface area contributed by atoms with Gasteiger partial charge >= 0.3 is 0 Å². The summed E-state index contributed by atoms with van der Waals surface area (Å²) in [6.07, 6.45) is 2.75. The molecule has 3 nitrogen and oxygen atoms in total. The van der Waals surface area contributed by atoms with Crippen molar-refractivity contribution < 1.29 is 8.42 Å². The Hall–Kier alpha value is -0.680. The van der Waals surface area contributed by atoms with Crippen LogP contribution in [-0.4, -0.2) is 32.7 Å². The smallest absolute Gasteiger partial charge is 0.178 e. The highest BCUT2D eigenvalue weighted by molar-refractivity contribution is 7.98. The van der Waals surface area contributed by atoms with Crippen molar-refractivity contribution in [3.05, 3.63) is 24.3 Å². The molecule has 0 bridgehead atoms. The van der Waals surface area contributed by atoms with Gasteiger partial charge in [-0.2, -0.15) is 11.8 Å². The molecule has 1 unspecified atom stereocenters. The van der Waals surface area contributed by atoms with E-state index in [0.29, 0.717) is 17.2 Å². The van der Waals surface area contributed by atoms with Crippen molar-refractivity contribution in [2.45, 2.75) is 25.2 Å². The van der Waals surface area contributed by atoms with Crippen LogP contribution in [0, 0.1) is 5.92 Å². The first kappa shape index (κ1) is 16.4. The quantitative estimate of drug-likeness (QED) is 0.800. The fraction of sp³-hybridized carbons (Fsp3) is 0.571. The van der Waals surface area contributed by atoms with Crippen molar-refractivity contribution in [1.82, 2.24) is 0 Å². The summed E-state index contributed by atoms with van der Waals surface area (Å²) >= 11 is 1.84. The lowest BCUT2D eigenvalue weighted by Gasteiger charge is -2.12. The number of anilines is 1. The van der Waals surface area contributed by atoms with Gasteiger partial charge in [-0.1, -0.05) is 13.8 Å². The number of thioether (sulfide) groups is 1. The maximum absolute atomic E-state index is 11.9. The van der Waals surface area contributed by atoms with Gasteiger partial charge in [0.15, 0.2) is 9.84 Å². The molecule has 1 rings (SSSR count). The zero-order valence-electron chi connectivity index (χ0n) is 11.8. The SMILES string of the molecule is CCCS(=O)(=O)c1ccc(NCC(C)CSC)cc1. The minimum Gasteiger partial charge on any atom is -0.385 e. The summed E-state index contributed by atoms with van der Waals surface area (Å²) in [5.74, 6) is 1.93. The van der Waals surface area contributed by atoms with Crippen molar-refractivity contribution in [3.8, 4) is 0 Å². The highest BCUT2D eigenvalue weighted by Crippen LogP contribution is 2.16. The van der Waals surface area contributed by atoms with Crippen LogP contribution in [-0.2, 0) is 9.84 Å². The van der Waals surface area contributed by atoms with E-state index in [9.17, 15) is 8.42 Å². The largest absolute Gasteiger partial charge is 0.385 e. The van der Waals surface area contributed by atoms with Gasteiger partial charge in [0.05, 0.1) is 10.6 Å². The van der Waals surface area contributed by atoms with Gasteiger partial charge in [0, 0.05) is 12.2 Å². The Balaban J connectivity index is 2.62.